The third-order valence-electron chi connectivity index (χ3n) is 2.46. The van der Waals surface area contributed by atoms with Crippen molar-refractivity contribution >= 4 is 17.3 Å². The summed E-state index contributed by atoms with van der Waals surface area (Å²) in [6.07, 6.45) is -1.91. The van der Waals surface area contributed by atoms with Gasteiger partial charge in [0.05, 0.1) is 6.10 Å². The highest BCUT2D eigenvalue weighted by Gasteiger charge is 2.34. The fourth-order valence-corrected chi connectivity index (χ4v) is 1.84. The summed E-state index contributed by atoms with van der Waals surface area (Å²) in [6, 6.07) is 1.16. The van der Waals surface area contributed by atoms with Crippen LogP contribution in [0.1, 0.15) is 12.6 Å². The fraction of sp³-hybridized carbons (Fsp3) is 0.444. The fourth-order valence-electron chi connectivity index (χ4n) is 1.57. The molecule has 17 heavy (non-hydrogen) atoms. The molecule has 7 nitrogen and oxygen atoms in total. The summed E-state index contributed by atoms with van der Waals surface area (Å²) in [6.45, 7) is 0. The van der Waals surface area contributed by atoms with E-state index in [0.29, 0.717) is 0 Å². The van der Waals surface area contributed by atoms with Crippen LogP contribution in [0.3, 0.4) is 0 Å². The van der Waals surface area contributed by atoms with Crippen LogP contribution in [0.4, 0.5) is 0 Å². The average Bonchev–Trinajstić information content (AvgIpc) is 2.25. The number of nitrogens with one attached hydrogen (secondary N) is 1. The highest BCUT2D eigenvalue weighted by Crippen LogP contribution is 2.23. The first kappa shape index (κ1) is 12.0. The van der Waals surface area contributed by atoms with Gasteiger partial charge >= 0.3 is 5.69 Å². The maximum atomic E-state index is 11.5. The van der Waals surface area contributed by atoms with E-state index in [1.165, 1.54) is 6.20 Å². The largest absolute Gasteiger partial charge is 0.460 e. The number of thiocarbonyl (C=S) groups is 1. The molecule has 0 aliphatic carbocycles. The maximum Gasteiger partial charge on any atom is 0.331 e. The Morgan fingerprint density at radius 3 is 2.76 bits per heavy atom. The first-order valence-electron chi connectivity index (χ1n) is 4.87. The van der Waals surface area contributed by atoms with Gasteiger partial charge in [-0.3, -0.25) is 14.3 Å². The number of aliphatic hydroxyl groups is 2. The molecule has 2 rings (SSSR count). The summed E-state index contributed by atoms with van der Waals surface area (Å²) in [5.41, 5.74) is -1.18. The molecular formula is C9H10N2O5S. The van der Waals surface area contributed by atoms with Crippen LogP contribution in [0.15, 0.2) is 21.9 Å². The van der Waals surface area contributed by atoms with Crippen molar-refractivity contribution in [2.45, 2.75) is 24.9 Å². The van der Waals surface area contributed by atoms with E-state index < -0.39 is 29.7 Å². The zero-order chi connectivity index (χ0) is 12.6. The quantitative estimate of drug-likeness (QED) is 0.530. The smallest absolute Gasteiger partial charge is 0.331 e. The zero-order valence-electron chi connectivity index (χ0n) is 8.57. The van der Waals surface area contributed by atoms with Gasteiger partial charge in [-0.15, -0.1) is 0 Å². The van der Waals surface area contributed by atoms with Crippen LogP contribution in [-0.4, -0.2) is 37.0 Å². The van der Waals surface area contributed by atoms with E-state index >= 15 is 0 Å². The highest BCUT2D eigenvalue weighted by atomic mass is 32.1. The van der Waals surface area contributed by atoms with Crippen molar-refractivity contribution < 1.29 is 14.9 Å². The SMILES string of the molecule is O=c1ccn([C@@H]2C[C@H](O)[C@@H](O)C(=S)O2)c(=O)[nH]1. The molecule has 1 aromatic heterocycles. The number of aromatic nitrogens is 2. The van der Waals surface area contributed by atoms with E-state index in [-0.39, 0.29) is 11.5 Å². The number of ether oxygens (including phenoxy) is 1. The predicted octanol–water partition coefficient (Wildman–Crippen LogP) is -1.50. The van der Waals surface area contributed by atoms with Crippen molar-refractivity contribution in [2.75, 3.05) is 0 Å². The van der Waals surface area contributed by atoms with Gasteiger partial charge in [0.2, 0.25) is 0 Å². The number of aromatic amines is 1. The maximum absolute atomic E-state index is 11.5. The highest BCUT2D eigenvalue weighted by molar-refractivity contribution is 7.80. The van der Waals surface area contributed by atoms with Crippen LogP contribution < -0.4 is 11.2 Å². The van der Waals surface area contributed by atoms with Gasteiger partial charge in [0, 0.05) is 18.7 Å². The Bertz CT molecular complexity index is 551. The minimum atomic E-state index is -1.24. The van der Waals surface area contributed by atoms with Crippen molar-refractivity contribution in [1.29, 1.82) is 0 Å². The molecule has 1 fully saturated rings. The van der Waals surface area contributed by atoms with Crippen molar-refractivity contribution in [3.05, 3.63) is 33.1 Å². The average molecular weight is 258 g/mol. The number of H-pyrrole nitrogens is 1. The summed E-state index contributed by atoms with van der Waals surface area (Å²) < 4.78 is 6.24. The second-order valence-electron chi connectivity index (χ2n) is 3.66. The van der Waals surface area contributed by atoms with Crippen LogP contribution in [0.2, 0.25) is 0 Å². The molecule has 1 aliphatic rings. The van der Waals surface area contributed by atoms with Gasteiger partial charge in [-0.05, 0) is 12.2 Å². The van der Waals surface area contributed by atoms with Gasteiger partial charge < -0.3 is 14.9 Å². The molecule has 1 aliphatic heterocycles. The topological polar surface area (TPSA) is 105 Å². The van der Waals surface area contributed by atoms with Crippen LogP contribution >= 0.6 is 12.2 Å². The molecule has 92 valence electrons. The van der Waals surface area contributed by atoms with Gasteiger partial charge in [0.1, 0.15) is 6.10 Å². The summed E-state index contributed by atoms with van der Waals surface area (Å²) in [4.78, 5) is 24.4. The van der Waals surface area contributed by atoms with Crippen molar-refractivity contribution in [1.82, 2.24) is 9.55 Å². The van der Waals surface area contributed by atoms with Gasteiger partial charge in [-0.1, -0.05) is 0 Å². The third kappa shape index (κ3) is 2.28. The number of hydrogen-bond donors (Lipinski definition) is 3. The molecule has 8 heteroatoms. The normalized spacial score (nSPS) is 28.8. The molecule has 0 amide bonds. The van der Waals surface area contributed by atoms with Gasteiger partial charge in [0.15, 0.2) is 11.3 Å². The van der Waals surface area contributed by atoms with Crippen molar-refractivity contribution in [3.63, 3.8) is 0 Å². The molecule has 1 aromatic rings. The molecule has 0 unspecified atom stereocenters. The minimum Gasteiger partial charge on any atom is -0.460 e. The van der Waals surface area contributed by atoms with Crippen molar-refractivity contribution in [2.24, 2.45) is 0 Å². The van der Waals surface area contributed by atoms with Crippen LogP contribution in [0.25, 0.3) is 0 Å². The molecule has 1 saturated heterocycles. The van der Waals surface area contributed by atoms with E-state index in [4.69, 9.17) is 17.0 Å². The summed E-state index contributed by atoms with van der Waals surface area (Å²) in [5, 5.41) is 18.7. The Balaban J connectivity index is 2.32. The lowest BCUT2D eigenvalue weighted by atomic mass is 10.1. The first-order chi connectivity index (χ1) is 7.99. The Labute approximate surface area is 100 Å². The molecule has 0 spiro atoms. The zero-order valence-corrected chi connectivity index (χ0v) is 9.38. The Kier molecular flexibility index (Phi) is 3.09. The van der Waals surface area contributed by atoms with Crippen LogP contribution in [0, 0.1) is 0 Å². The number of nitrogens with zero attached hydrogens (tertiary/aromatic N) is 1. The lowest BCUT2D eigenvalue weighted by Gasteiger charge is -2.31. The first-order valence-corrected chi connectivity index (χ1v) is 5.28. The summed E-state index contributed by atoms with van der Waals surface area (Å²) in [7, 11) is 0. The van der Waals surface area contributed by atoms with Gasteiger partial charge in [0.25, 0.3) is 5.56 Å². The van der Waals surface area contributed by atoms with E-state index in [2.05, 4.69) is 4.98 Å². The van der Waals surface area contributed by atoms with E-state index in [1.807, 2.05) is 0 Å². The van der Waals surface area contributed by atoms with Crippen molar-refractivity contribution in [3.8, 4) is 0 Å². The Morgan fingerprint density at radius 1 is 1.47 bits per heavy atom. The van der Waals surface area contributed by atoms with Gasteiger partial charge in [-0.2, -0.15) is 0 Å². The Hall–Kier alpha value is -1.51. The summed E-state index contributed by atoms with van der Waals surface area (Å²) >= 11 is 4.73. The number of rotatable bonds is 1. The van der Waals surface area contributed by atoms with E-state index in [1.54, 1.807) is 0 Å². The second-order valence-corrected chi connectivity index (χ2v) is 4.06. The van der Waals surface area contributed by atoms with Crippen LogP contribution in [-0.2, 0) is 4.74 Å². The second kappa shape index (κ2) is 4.40. The molecule has 0 aromatic carbocycles. The molecule has 3 N–H and O–H groups in total. The minimum absolute atomic E-state index is 0.00720. The van der Waals surface area contributed by atoms with E-state index in [0.717, 1.165) is 10.6 Å². The molecule has 3 atom stereocenters. The molecule has 0 bridgehead atoms. The molecule has 0 saturated carbocycles. The van der Waals surface area contributed by atoms with Crippen LogP contribution in [0.5, 0.6) is 0 Å². The molecule has 2 heterocycles. The molecule has 0 radical (unpaired) electrons. The number of hydrogen-bond acceptors (Lipinski definition) is 6. The third-order valence-corrected chi connectivity index (χ3v) is 2.80. The molecular weight excluding hydrogens is 248 g/mol. The monoisotopic (exact) mass is 258 g/mol. The summed E-state index contributed by atoms with van der Waals surface area (Å²) in [5.74, 6) is 0. The van der Waals surface area contributed by atoms with E-state index in [9.17, 15) is 19.8 Å². The predicted molar refractivity (Wildman–Crippen MR) is 60.7 cm³/mol. The number of aliphatic hydroxyl groups excluding tert-OH is 2. The lowest BCUT2D eigenvalue weighted by Crippen LogP contribution is -2.45. The lowest BCUT2D eigenvalue weighted by molar-refractivity contribution is -0.0472. The standard InChI is InChI=1S/C9H10N2O5S/c12-4-3-6(16-8(17)7(4)14)11-2-1-5(13)10-9(11)15/h1-2,4,6-7,12,14H,3H2,(H,10,13,15)/t4-,6-,7+/m0/s1. The van der Waals surface area contributed by atoms with Gasteiger partial charge in [-0.25, -0.2) is 4.79 Å². The Morgan fingerprint density at radius 2 is 2.18 bits per heavy atom.